The van der Waals surface area contributed by atoms with Gasteiger partial charge in [-0.25, -0.2) is 0 Å². The van der Waals surface area contributed by atoms with E-state index in [1.165, 1.54) is 0 Å². The average Bonchev–Trinajstić information content (AvgIpc) is 3.14. The molecule has 0 saturated carbocycles. The maximum atomic E-state index is 12.4. The van der Waals surface area contributed by atoms with Crippen molar-refractivity contribution in [3.05, 3.63) is 42.7 Å². The molecule has 27 heavy (non-hydrogen) atoms. The summed E-state index contributed by atoms with van der Waals surface area (Å²) < 4.78 is 13.0. The Morgan fingerprint density at radius 1 is 1.19 bits per heavy atom. The molecule has 1 atom stereocenters. The van der Waals surface area contributed by atoms with Crippen LogP contribution in [0.15, 0.2) is 42.7 Å². The first-order valence-corrected chi connectivity index (χ1v) is 8.84. The molecule has 2 aliphatic heterocycles. The van der Waals surface area contributed by atoms with Gasteiger partial charge in [0.1, 0.15) is 18.8 Å². The number of carbonyl (C=O) groups excluding carboxylic acids is 1. The summed E-state index contributed by atoms with van der Waals surface area (Å²) in [6, 6.07) is 11.2. The number of benzene rings is 1. The standard InChI is InChI=1S/C18H18N6O3/c25-18(15-10-26-13-3-1-2-4-14(13)27-15)19-7-12-8-23(9-12)17-6-5-16-21-20-11-24(16)22-17/h1-6,11-12,15H,7-10H2,(H,19,25). The predicted molar refractivity (Wildman–Crippen MR) is 95.8 cm³/mol. The van der Waals surface area contributed by atoms with Gasteiger partial charge in [0, 0.05) is 25.6 Å². The minimum absolute atomic E-state index is 0.146. The highest BCUT2D eigenvalue weighted by Gasteiger charge is 2.31. The van der Waals surface area contributed by atoms with Crippen molar-refractivity contribution in [2.24, 2.45) is 5.92 Å². The normalized spacial score (nSPS) is 19.0. The Morgan fingerprint density at radius 2 is 2.04 bits per heavy atom. The molecule has 0 aliphatic carbocycles. The summed E-state index contributed by atoms with van der Waals surface area (Å²) in [7, 11) is 0. The number of hydrogen-bond donors (Lipinski definition) is 1. The quantitative estimate of drug-likeness (QED) is 0.719. The van der Waals surface area contributed by atoms with Gasteiger partial charge in [0.2, 0.25) is 6.10 Å². The van der Waals surface area contributed by atoms with Gasteiger partial charge in [-0.2, -0.15) is 4.52 Å². The molecule has 2 aromatic heterocycles. The third kappa shape index (κ3) is 3.01. The fraction of sp³-hybridized carbons (Fsp3) is 0.333. The third-order valence-electron chi connectivity index (χ3n) is 4.79. The lowest BCUT2D eigenvalue weighted by Gasteiger charge is -2.40. The lowest BCUT2D eigenvalue weighted by atomic mass is 10.00. The summed E-state index contributed by atoms with van der Waals surface area (Å²) in [4.78, 5) is 14.5. The molecular weight excluding hydrogens is 348 g/mol. The Bertz CT molecular complexity index is 984. The van der Waals surface area contributed by atoms with Crippen molar-refractivity contribution in [2.75, 3.05) is 31.1 Å². The summed E-state index contributed by atoms with van der Waals surface area (Å²) in [6.45, 7) is 2.51. The summed E-state index contributed by atoms with van der Waals surface area (Å²) in [6.07, 6.45) is 0.967. The Kier molecular flexibility index (Phi) is 3.77. The summed E-state index contributed by atoms with van der Waals surface area (Å²) in [5, 5.41) is 15.2. The highest BCUT2D eigenvalue weighted by Crippen LogP contribution is 2.31. The number of amides is 1. The van der Waals surface area contributed by atoms with E-state index in [2.05, 4.69) is 25.5 Å². The molecule has 1 aromatic carbocycles. The van der Waals surface area contributed by atoms with E-state index in [9.17, 15) is 4.79 Å². The van der Waals surface area contributed by atoms with E-state index in [0.29, 0.717) is 24.0 Å². The SMILES string of the molecule is O=C(NCC1CN(c2ccc3nncn3n2)C1)C1COc2ccccc2O1. The van der Waals surface area contributed by atoms with Crippen LogP contribution in [0, 0.1) is 5.92 Å². The molecule has 9 nitrogen and oxygen atoms in total. The number of carbonyl (C=O) groups is 1. The Labute approximate surface area is 154 Å². The van der Waals surface area contributed by atoms with Crippen LogP contribution in [-0.4, -0.2) is 58.1 Å². The van der Waals surface area contributed by atoms with Crippen molar-refractivity contribution in [2.45, 2.75) is 6.10 Å². The lowest BCUT2D eigenvalue weighted by molar-refractivity contribution is -0.130. The number of fused-ring (bicyclic) bond motifs is 2. The van der Waals surface area contributed by atoms with Crippen molar-refractivity contribution in [1.82, 2.24) is 25.1 Å². The van der Waals surface area contributed by atoms with E-state index >= 15 is 0 Å². The van der Waals surface area contributed by atoms with Gasteiger partial charge in [-0.1, -0.05) is 12.1 Å². The second-order valence-corrected chi connectivity index (χ2v) is 6.71. The number of nitrogens with one attached hydrogen (secondary N) is 1. The number of para-hydroxylation sites is 2. The molecule has 1 N–H and O–H groups in total. The predicted octanol–water partition coefficient (Wildman–Crippen LogP) is 0.517. The van der Waals surface area contributed by atoms with E-state index in [0.717, 1.165) is 24.6 Å². The number of aromatic nitrogens is 4. The molecule has 138 valence electrons. The highest BCUT2D eigenvalue weighted by atomic mass is 16.6. The van der Waals surface area contributed by atoms with Crippen LogP contribution in [0.3, 0.4) is 0 Å². The molecule has 0 spiro atoms. The summed E-state index contributed by atoms with van der Waals surface area (Å²) >= 11 is 0. The second kappa shape index (κ2) is 6.42. The van der Waals surface area contributed by atoms with Crippen LogP contribution in [0.25, 0.3) is 5.65 Å². The average molecular weight is 366 g/mol. The zero-order valence-corrected chi connectivity index (χ0v) is 14.5. The number of ether oxygens (including phenoxy) is 2. The molecule has 0 radical (unpaired) electrons. The van der Waals surface area contributed by atoms with E-state index in [1.54, 1.807) is 16.9 Å². The van der Waals surface area contributed by atoms with E-state index in [4.69, 9.17) is 9.47 Å². The zero-order valence-electron chi connectivity index (χ0n) is 14.5. The van der Waals surface area contributed by atoms with Crippen molar-refractivity contribution >= 4 is 17.4 Å². The molecule has 9 heteroatoms. The first-order valence-electron chi connectivity index (χ1n) is 8.84. The van der Waals surface area contributed by atoms with Gasteiger partial charge in [0.05, 0.1) is 0 Å². The summed E-state index contributed by atoms with van der Waals surface area (Å²) in [5.74, 6) is 2.39. The van der Waals surface area contributed by atoms with Gasteiger partial charge in [-0.05, 0) is 24.3 Å². The van der Waals surface area contributed by atoms with Crippen LogP contribution in [0.4, 0.5) is 5.82 Å². The molecule has 1 unspecified atom stereocenters. The largest absolute Gasteiger partial charge is 0.485 e. The fourth-order valence-corrected chi connectivity index (χ4v) is 3.28. The van der Waals surface area contributed by atoms with Gasteiger partial charge in [-0.15, -0.1) is 15.3 Å². The van der Waals surface area contributed by atoms with Crippen LogP contribution < -0.4 is 19.7 Å². The molecule has 5 rings (SSSR count). The third-order valence-corrected chi connectivity index (χ3v) is 4.79. The van der Waals surface area contributed by atoms with Crippen molar-refractivity contribution < 1.29 is 14.3 Å². The monoisotopic (exact) mass is 366 g/mol. The minimum Gasteiger partial charge on any atom is -0.485 e. The Hall–Kier alpha value is -3.36. The van der Waals surface area contributed by atoms with Gasteiger partial charge in [-0.3, -0.25) is 4.79 Å². The van der Waals surface area contributed by atoms with Crippen LogP contribution in [0.2, 0.25) is 0 Å². The van der Waals surface area contributed by atoms with Crippen molar-refractivity contribution in [3.8, 4) is 11.5 Å². The Balaban J connectivity index is 1.12. The van der Waals surface area contributed by atoms with E-state index in [-0.39, 0.29) is 12.5 Å². The topological polar surface area (TPSA) is 93.9 Å². The van der Waals surface area contributed by atoms with Gasteiger partial charge in [0.15, 0.2) is 17.1 Å². The molecule has 2 aliphatic rings. The molecule has 1 fully saturated rings. The smallest absolute Gasteiger partial charge is 0.264 e. The van der Waals surface area contributed by atoms with Gasteiger partial charge < -0.3 is 19.7 Å². The molecular formula is C18H18N6O3. The number of rotatable bonds is 4. The molecule has 1 amide bonds. The van der Waals surface area contributed by atoms with E-state index < -0.39 is 6.10 Å². The molecule has 0 bridgehead atoms. The van der Waals surface area contributed by atoms with Crippen molar-refractivity contribution in [3.63, 3.8) is 0 Å². The van der Waals surface area contributed by atoms with Gasteiger partial charge >= 0.3 is 0 Å². The molecule has 1 saturated heterocycles. The fourth-order valence-electron chi connectivity index (χ4n) is 3.28. The first kappa shape index (κ1) is 15.9. The minimum atomic E-state index is -0.617. The zero-order chi connectivity index (χ0) is 18.2. The molecule has 3 aromatic rings. The van der Waals surface area contributed by atoms with E-state index in [1.807, 2.05) is 30.3 Å². The maximum Gasteiger partial charge on any atom is 0.264 e. The number of hydrogen-bond acceptors (Lipinski definition) is 7. The van der Waals surface area contributed by atoms with Crippen LogP contribution in [-0.2, 0) is 4.79 Å². The second-order valence-electron chi connectivity index (χ2n) is 6.71. The van der Waals surface area contributed by atoms with Crippen LogP contribution >= 0.6 is 0 Å². The van der Waals surface area contributed by atoms with Gasteiger partial charge in [0.25, 0.3) is 5.91 Å². The summed E-state index contributed by atoms with van der Waals surface area (Å²) in [5.41, 5.74) is 0.722. The van der Waals surface area contributed by atoms with Crippen molar-refractivity contribution in [1.29, 1.82) is 0 Å². The van der Waals surface area contributed by atoms with Crippen LogP contribution in [0.5, 0.6) is 11.5 Å². The first-order chi connectivity index (χ1) is 13.3. The number of nitrogens with zero attached hydrogens (tertiary/aromatic N) is 5. The number of anilines is 1. The maximum absolute atomic E-state index is 12.4. The highest BCUT2D eigenvalue weighted by molar-refractivity contribution is 5.81. The molecule has 4 heterocycles. The van der Waals surface area contributed by atoms with Crippen LogP contribution in [0.1, 0.15) is 0 Å². The lowest BCUT2D eigenvalue weighted by Crippen LogP contribution is -2.54. The Morgan fingerprint density at radius 3 is 2.93 bits per heavy atom.